The van der Waals surface area contributed by atoms with Gasteiger partial charge in [-0.15, -0.1) is 11.8 Å². The Labute approximate surface area is 145 Å². The first-order valence-electron chi connectivity index (χ1n) is 7.88. The van der Waals surface area contributed by atoms with Crippen molar-refractivity contribution in [3.63, 3.8) is 0 Å². The van der Waals surface area contributed by atoms with Gasteiger partial charge in [0.05, 0.1) is 5.92 Å². The normalized spacial score (nSPS) is 18.4. The van der Waals surface area contributed by atoms with Crippen molar-refractivity contribution in [2.75, 3.05) is 24.2 Å². The summed E-state index contributed by atoms with van der Waals surface area (Å²) in [6.07, 6.45) is 1.21. The number of carbonyl (C=O) groups excluding carboxylic acids is 3. The third-order valence-electron chi connectivity index (χ3n) is 3.84. The second-order valence-corrected chi connectivity index (χ2v) is 6.46. The van der Waals surface area contributed by atoms with Gasteiger partial charge in [-0.05, 0) is 38.3 Å². The van der Waals surface area contributed by atoms with Crippen molar-refractivity contribution < 1.29 is 19.1 Å². The molecule has 0 saturated carbocycles. The van der Waals surface area contributed by atoms with Crippen LogP contribution < -0.4 is 10.2 Å². The molecule has 1 N–H and O–H groups in total. The van der Waals surface area contributed by atoms with Gasteiger partial charge in [0.2, 0.25) is 5.91 Å². The number of nitrogens with zero attached hydrogens (tertiary/aromatic N) is 1. The molecule has 2 atom stereocenters. The summed E-state index contributed by atoms with van der Waals surface area (Å²) in [6, 6.07) is 7.63. The molecule has 130 valence electrons. The lowest BCUT2D eigenvalue weighted by Gasteiger charge is -2.18. The standard InChI is InChI=1S/C17H22N2O4S/c1-4-18-16(21)11(2)23-17(22)12-8-15(20)19(10-12)13-6-5-7-14(9-13)24-3/h5-7,9,11-12H,4,8,10H2,1-3H3,(H,18,21)/t11-,12-/m1/s1. The van der Waals surface area contributed by atoms with Crippen LogP contribution in [0.2, 0.25) is 0 Å². The molecule has 0 spiro atoms. The summed E-state index contributed by atoms with van der Waals surface area (Å²) < 4.78 is 5.19. The van der Waals surface area contributed by atoms with E-state index in [1.165, 1.54) is 6.92 Å². The molecule has 2 rings (SSSR count). The molecule has 7 heteroatoms. The van der Waals surface area contributed by atoms with E-state index in [1.54, 1.807) is 23.6 Å². The van der Waals surface area contributed by atoms with Gasteiger partial charge in [0.25, 0.3) is 5.91 Å². The minimum absolute atomic E-state index is 0.102. The first-order valence-corrected chi connectivity index (χ1v) is 9.11. The third-order valence-corrected chi connectivity index (χ3v) is 4.56. The van der Waals surface area contributed by atoms with Crippen LogP contribution in [-0.4, -0.2) is 43.2 Å². The number of esters is 1. The molecule has 0 unspecified atom stereocenters. The number of carbonyl (C=O) groups is 3. The molecule has 1 saturated heterocycles. The van der Waals surface area contributed by atoms with Gasteiger partial charge in [0.15, 0.2) is 6.10 Å². The molecule has 1 aliphatic heterocycles. The maximum Gasteiger partial charge on any atom is 0.312 e. The zero-order valence-electron chi connectivity index (χ0n) is 14.1. The summed E-state index contributed by atoms with van der Waals surface area (Å²) in [7, 11) is 0. The van der Waals surface area contributed by atoms with Crippen molar-refractivity contribution in [2.24, 2.45) is 5.92 Å². The fourth-order valence-electron chi connectivity index (χ4n) is 2.54. The molecule has 1 heterocycles. The van der Waals surface area contributed by atoms with E-state index in [4.69, 9.17) is 4.74 Å². The van der Waals surface area contributed by atoms with E-state index in [0.717, 1.165) is 10.6 Å². The van der Waals surface area contributed by atoms with Crippen LogP contribution in [0.1, 0.15) is 20.3 Å². The topological polar surface area (TPSA) is 75.7 Å². The van der Waals surface area contributed by atoms with Gasteiger partial charge in [-0.3, -0.25) is 14.4 Å². The van der Waals surface area contributed by atoms with Gasteiger partial charge in [-0.1, -0.05) is 6.07 Å². The summed E-state index contributed by atoms with van der Waals surface area (Å²) in [5, 5.41) is 2.60. The van der Waals surface area contributed by atoms with E-state index in [0.29, 0.717) is 6.54 Å². The van der Waals surface area contributed by atoms with Crippen LogP contribution in [0.25, 0.3) is 0 Å². The number of amides is 2. The van der Waals surface area contributed by atoms with E-state index in [1.807, 2.05) is 30.5 Å². The third kappa shape index (κ3) is 4.29. The van der Waals surface area contributed by atoms with E-state index < -0.39 is 18.0 Å². The van der Waals surface area contributed by atoms with E-state index in [9.17, 15) is 14.4 Å². The molecule has 0 aromatic heterocycles. The molecular formula is C17H22N2O4S. The maximum atomic E-state index is 12.2. The highest BCUT2D eigenvalue weighted by Gasteiger charge is 2.37. The van der Waals surface area contributed by atoms with Crippen LogP contribution in [0.4, 0.5) is 5.69 Å². The Morgan fingerprint density at radius 1 is 1.46 bits per heavy atom. The lowest BCUT2D eigenvalue weighted by Crippen LogP contribution is -2.37. The number of rotatable bonds is 6. The number of nitrogens with one attached hydrogen (secondary N) is 1. The molecule has 0 aliphatic carbocycles. The largest absolute Gasteiger partial charge is 0.452 e. The SMILES string of the molecule is CCNC(=O)[C@@H](C)OC(=O)[C@@H]1CC(=O)N(c2cccc(SC)c2)C1. The van der Waals surface area contributed by atoms with Crippen LogP contribution in [0.3, 0.4) is 0 Å². The summed E-state index contributed by atoms with van der Waals surface area (Å²) in [5.41, 5.74) is 0.777. The van der Waals surface area contributed by atoms with Crippen molar-refractivity contribution in [2.45, 2.75) is 31.3 Å². The van der Waals surface area contributed by atoms with Crippen molar-refractivity contribution in [1.29, 1.82) is 0 Å². The van der Waals surface area contributed by atoms with Crippen LogP contribution in [-0.2, 0) is 19.1 Å². The highest BCUT2D eigenvalue weighted by molar-refractivity contribution is 7.98. The number of anilines is 1. The number of likely N-dealkylation sites (N-methyl/N-ethyl adjacent to an activating group) is 1. The smallest absolute Gasteiger partial charge is 0.312 e. The first-order chi connectivity index (χ1) is 11.5. The second kappa shape index (κ2) is 8.19. The van der Waals surface area contributed by atoms with Gasteiger partial charge in [0.1, 0.15) is 0 Å². The summed E-state index contributed by atoms with van der Waals surface area (Å²) in [4.78, 5) is 38.8. The number of ether oxygens (including phenoxy) is 1. The molecule has 0 radical (unpaired) electrons. The van der Waals surface area contributed by atoms with Gasteiger partial charge in [0, 0.05) is 30.1 Å². The zero-order chi connectivity index (χ0) is 17.7. The second-order valence-electron chi connectivity index (χ2n) is 5.58. The van der Waals surface area contributed by atoms with Gasteiger partial charge in [-0.25, -0.2) is 0 Å². The Kier molecular flexibility index (Phi) is 6.25. The molecule has 1 aromatic carbocycles. The van der Waals surface area contributed by atoms with Crippen molar-refractivity contribution >= 4 is 35.2 Å². The highest BCUT2D eigenvalue weighted by atomic mass is 32.2. The summed E-state index contributed by atoms with van der Waals surface area (Å²) in [5.74, 6) is -1.50. The number of hydrogen-bond donors (Lipinski definition) is 1. The molecule has 2 amide bonds. The molecular weight excluding hydrogens is 328 g/mol. The average molecular weight is 350 g/mol. The fraction of sp³-hybridized carbons (Fsp3) is 0.471. The fourth-order valence-corrected chi connectivity index (χ4v) is 2.99. The lowest BCUT2D eigenvalue weighted by molar-refractivity contribution is -0.158. The maximum absolute atomic E-state index is 12.2. The molecule has 1 aromatic rings. The van der Waals surface area contributed by atoms with Crippen LogP contribution in [0, 0.1) is 5.92 Å². The Hall–Kier alpha value is -2.02. The quantitative estimate of drug-likeness (QED) is 0.626. The first kappa shape index (κ1) is 18.3. The van der Waals surface area contributed by atoms with Crippen LogP contribution in [0.5, 0.6) is 0 Å². The molecule has 1 fully saturated rings. The van der Waals surface area contributed by atoms with E-state index in [-0.39, 0.29) is 24.8 Å². The van der Waals surface area contributed by atoms with Crippen molar-refractivity contribution in [3.05, 3.63) is 24.3 Å². The average Bonchev–Trinajstić information content (AvgIpc) is 2.97. The highest BCUT2D eigenvalue weighted by Crippen LogP contribution is 2.28. The lowest BCUT2D eigenvalue weighted by atomic mass is 10.1. The van der Waals surface area contributed by atoms with E-state index in [2.05, 4.69) is 5.32 Å². The van der Waals surface area contributed by atoms with Gasteiger partial charge >= 0.3 is 5.97 Å². The Morgan fingerprint density at radius 2 is 2.21 bits per heavy atom. The minimum Gasteiger partial charge on any atom is -0.452 e. The number of benzene rings is 1. The van der Waals surface area contributed by atoms with Gasteiger partial charge in [-0.2, -0.15) is 0 Å². The molecule has 0 bridgehead atoms. The monoisotopic (exact) mass is 350 g/mol. The minimum atomic E-state index is -0.860. The van der Waals surface area contributed by atoms with E-state index >= 15 is 0 Å². The Morgan fingerprint density at radius 3 is 2.88 bits per heavy atom. The molecule has 1 aliphatic rings. The van der Waals surface area contributed by atoms with Gasteiger partial charge < -0.3 is 15.0 Å². The van der Waals surface area contributed by atoms with Crippen molar-refractivity contribution in [1.82, 2.24) is 5.32 Å². The number of hydrogen-bond acceptors (Lipinski definition) is 5. The summed E-state index contributed by atoms with van der Waals surface area (Å²) in [6.45, 7) is 4.07. The Balaban J connectivity index is 2.00. The predicted octanol–water partition coefficient (Wildman–Crippen LogP) is 1.83. The van der Waals surface area contributed by atoms with Crippen molar-refractivity contribution in [3.8, 4) is 0 Å². The zero-order valence-corrected chi connectivity index (χ0v) is 14.9. The molecule has 24 heavy (non-hydrogen) atoms. The molecule has 6 nitrogen and oxygen atoms in total. The Bertz CT molecular complexity index is 635. The summed E-state index contributed by atoms with van der Waals surface area (Å²) >= 11 is 1.59. The predicted molar refractivity (Wildman–Crippen MR) is 92.9 cm³/mol. The van der Waals surface area contributed by atoms with Crippen LogP contribution in [0.15, 0.2) is 29.2 Å². The number of thioether (sulfide) groups is 1. The van der Waals surface area contributed by atoms with Crippen LogP contribution >= 0.6 is 11.8 Å².